The second kappa shape index (κ2) is 3.71. The first-order valence-corrected chi connectivity index (χ1v) is 6.48. The highest BCUT2D eigenvalue weighted by atomic mass is 14.2. The van der Waals surface area contributed by atoms with E-state index in [1.807, 2.05) is 0 Å². The maximum absolute atomic E-state index is 2.37. The minimum absolute atomic E-state index is 0.510. The summed E-state index contributed by atoms with van der Waals surface area (Å²) < 4.78 is 0. The van der Waals surface area contributed by atoms with Gasteiger partial charge in [-0.1, -0.05) is 72.4 Å². The summed E-state index contributed by atoms with van der Waals surface area (Å²) in [6.07, 6.45) is 12.3. The van der Waals surface area contributed by atoms with E-state index in [9.17, 15) is 0 Å². The van der Waals surface area contributed by atoms with Crippen LogP contribution in [0, 0.1) is 5.92 Å². The van der Waals surface area contributed by atoms with Crippen LogP contribution in [-0.2, 0) is 6.42 Å². The lowest BCUT2D eigenvalue weighted by Gasteiger charge is -2.08. The number of fused-ring (bicyclic) bond motifs is 3. The summed E-state index contributed by atoms with van der Waals surface area (Å²) in [5.74, 6) is 0.510. The van der Waals surface area contributed by atoms with E-state index in [1.54, 1.807) is 0 Å². The molecule has 86 valence electrons. The van der Waals surface area contributed by atoms with Crippen molar-refractivity contribution in [1.29, 1.82) is 0 Å². The number of hydrogen-bond acceptors (Lipinski definition) is 0. The molecule has 0 aromatic heterocycles. The van der Waals surface area contributed by atoms with E-state index in [0.717, 1.165) is 6.42 Å². The van der Waals surface area contributed by atoms with E-state index < -0.39 is 0 Å². The van der Waals surface area contributed by atoms with Gasteiger partial charge in [0.25, 0.3) is 0 Å². The van der Waals surface area contributed by atoms with E-state index in [4.69, 9.17) is 0 Å². The molecule has 0 atom stereocenters. The first-order chi connectivity index (χ1) is 8.92. The maximum atomic E-state index is 2.37. The van der Waals surface area contributed by atoms with Gasteiger partial charge in [-0.05, 0) is 28.3 Å². The molecule has 0 bridgehead atoms. The molecule has 0 heteroatoms. The summed E-state index contributed by atoms with van der Waals surface area (Å²) in [4.78, 5) is 0. The van der Waals surface area contributed by atoms with Crippen molar-refractivity contribution in [2.75, 3.05) is 0 Å². The normalized spacial score (nSPS) is 17.4. The third-order valence-corrected chi connectivity index (χ3v) is 3.97. The Morgan fingerprint density at radius 1 is 0.889 bits per heavy atom. The van der Waals surface area contributed by atoms with Crippen molar-refractivity contribution < 1.29 is 0 Å². The molecule has 0 amide bonds. The van der Waals surface area contributed by atoms with Crippen LogP contribution >= 0.6 is 0 Å². The van der Waals surface area contributed by atoms with Crippen LogP contribution in [0.5, 0.6) is 0 Å². The average molecular weight is 230 g/mol. The summed E-state index contributed by atoms with van der Waals surface area (Å²) in [5.41, 5.74) is 4.42. The number of hydrogen-bond donors (Lipinski definition) is 0. The summed E-state index contributed by atoms with van der Waals surface area (Å²) in [7, 11) is 0. The van der Waals surface area contributed by atoms with E-state index in [0.29, 0.717) is 5.92 Å². The molecule has 0 nitrogen and oxygen atoms in total. The molecule has 0 heterocycles. The van der Waals surface area contributed by atoms with Crippen molar-refractivity contribution in [1.82, 2.24) is 0 Å². The molecule has 0 fully saturated rings. The Labute approximate surface area is 107 Å². The van der Waals surface area contributed by atoms with Gasteiger partial charge in [-0.25, -0.2) is 0 Å². The van der Waals surface area contributed by atoms with Crippen LogP contribution in [0.25, 0.3) is 16.8 Å². The quantitative estimate of drug-likeness (QED) is 0.675. The van der Waals surface area contributed by atoms with Crippen LogP contribution in [0.1, 0.15) is 11.1 Å². The standard InChI is InChI=1S/C18H14/c1-2-6-13(5-1)16-11-15-10-9-14-7-3-4-8-17(14)18(15)12-16/h1-11,13H,12H2. The van der Waals surface area contributed by atoms with Crippen LogP contribution < -0.4 is 0 Å². The van der Waals surface area contributed by atoms with Gasteiger partial charge in [0.1, 0.15) is 0 Å². The first-order valence-electron chi connectivity index (χ1n) is 6.48. The lowest BCUT2D eigenvalue weighted by Crippen LogP contribution is -1.95. The molecule has 4 rings (SSSR count). The Morgan fingerprint density at radius 2 is 1.72 bits per heavy atom. The number of benzene rings is 2. The minimum atomic E-state index is 0.510. The minimum Gasteiger partial charge on any atom is -0.0736 e. The monoisotopic (exact) mass is 230 g/mol. The second-order valence-corrected chi connectivity index (χ2v) is 5.05. The van der Waals surface area contributed by atoms with Crippen LogP contribution in [0.4, 0.5) is 0 Å². The molecule has 0 radical (unpaired) electrons. The predicted molar refractivity (Wildman–Crippen MR) is 77.4 cm³/mol. The molecule has 0 aliphatic heterocycles. The van der Waals surface area contributed by atoms with Crippen LogP contribution in [0.3, 0.4) is 0 Å². The van der Waals surface area contributed by atoms with E-state index in [1.165, 1.54) is 27.5 Å². The fraction of sp³-hybridized carbons (Fsp3) is 0.111. The molecule has 0 saturated carbocycles. The SMILES string of the molecule is C1=CC(C2=Cc3ccc4ccccc4c3C2)C=C1. The molecule has 0 N–H and O–H groups in total. The molecule has 2 aliphatic carbocycles. The van der Waals surface area contributed by atoms with Gasteiger partial charge in [-0.3, -0.25) is 0 Å². The van der Waals surface area contributed by atoms with Crippen LogP contribution in [-0.4, -0.2) is 0 Å². The summed E-state index contributed by atoms with van der Waals surface area (Å²) in [5, 5.41) is 2.76. The van der Waals surface area contributed by atoms with E-state index in [2.05, 4.69) is 66.8 Å². The molecule has 0 saturated heterocycles. The van der Waals surface area contributed by atoms with Crippen molar-refractivity contribution in [3.63, 3.8) is 0 Å². The summed E-state index contributed by atoms with van der Waals surface area (Å²) in [6.45, 7) is 0. The lowest BCUT2D eigenvalue weighted by molar-refractivity contribution is 0.948. The molecule has 2 aliphatic rings. The Balaban J connectivity index is 1.83. The van der Waals surface area contributed by atoms with Crippen molar-refractivity contribution in [3.05, 3.63) is 77.4 Å². The average Bonchev–Trinajstić information content (AvgIpc) is 3.07. The fourth-order valence-electron chi connectivity index (χ4n) is 3.03. The van der Waals surface area contributed by atoms with Gasteiger partial charge in [-0.2, -0.15) is 0 Å². The molecule has 2 aromatic rings. The van der Waals surface area contributed by atoms with Gasteiger partial charge in [0.05, 0.1) is 0 Å². The highest BCUT2D eigenvalue weighted by molar-refractivity contribution is 5.91. The highest BCUT2D eigenvalue weighted by Crippen LogP contribution is 2.36. The van der Waals surface area contributed by atoms with Crippen molar-refractivity contribution in [3.8, 4) is 0 Å². The lowest BCUT2D eigenvalue weighted by atomic mass is 9.96. The maximum Gasteiger partial charge on any atom is 0.0170 e. The molecule has 18 heavy (non-hydrogen) atoms. The van der Waals surface area contributed by atoms with Crippen LogP contribution in [0.15, 0.2) is 66.3 Å². The van der Waals surface area contributed by atoms with Gasteiger partial charge in [0.15, 0.2) is 0 Å². The van der Waals surface area contributed by atoms with Gasteiger partial charge in [0, 0.05) is 5.92 Å². The molecule has 2 aromatic carbocycles. The van der Waals surface area contributed by atoms with Gasteiger partial charge >= 0.3 is 0 Å². The summed E-state index contributed by atoms with van der Waals surface area (Å²) in [6, 6.07) is 13.2. The molecular weight excluding hydrogens is 216 g/mol. The van der Waals surface area contributed by atoms with Crippen molar-refractivity contribution in [2.45, 2.75) is 6.42 Å². The number of rotatable bonds is 1. The number of allylic oxidation sites excluding steroid dienone is 5. The Bertz CT molecular complexity index is 702. The smallest absolute Gasteiger partial charge is 0.0170 e. The van der Waals surface area contributed by atoms with Crippen LogP contribution in [0.2, 0.25) is 0 Å². The zero-order chi connectivity index (χ0) is 11.9. The molecule has 0 spiro atoms. The zero-order valence-electron chi connectivity index (χ0n) is 10.1. The van der Waals surface area contributed by atoms with Crippen molar-refractivity contribution >= 4 is 16.8 Å². The second-order valence-electron chi connectivity index (χ2n) is 5.05. The molecular formula is C18H14. The van der Waals surface area contributed by atoms with E-state index in [-0.39, 0.29) is 0 Å². The van der Waals surface area contributed by atoms with Gasteiger partial charge < -0.3 is 0 Å². The van der Waals surface area contributed by atoms with E-state index >= 15 is 0 Å². The zero-order valence-corrected chi connectivity index (χ0v) is 10.1. The predicted octanol–water partition coefficient (Wildman–Crippen LogP) is 4.52. The fourth-order valence-corrected chi connectivity index (χ4v) is 3.03. The Hall–Kier alpha value is -2.08. The third-order valence-electron chi connectivity index (χ3n) is 3.97. The Kier molecular flexibility index (Phi) is 2.04. The van der Waals surface area contributed by atoms with Gasteiger partial charge in [-0.15, -0.1) is 0 Å². The largest absolute Gasteiger partial charge is 0.0736 e. The Morgan fingerprint density at radius 3 is 2.61 bits per heavy atom. The van der Waals surface area contributed by atoms with Crippen molar-refractivity contribution in [2.24, 2.45) is 5.92 Å². The molecule has 0 unspecified atom stereocenters. The summed E-state index contributed by atoms with van der Waals surface area (Å²) >= 11 is 0. The van der Waals surface area contributed by atoms with Gasteiger partial charge in [0.2, 0.25) is 0 Å². The first kappa shape index (κ1) is 9.90. The highest BCUT2D eigenvalue weighted by Gasteiger charge is 2.19. The third kappa shape index (κ3) is 1.39. The topological polar surface area (TPSA) is 0 Å².